The molecule has 7 heteroatoms. The maximum absolute atomic E-state index is 12.1. The molecule has 0 aliphatic heterocycles. The minimum absolute atomic E-state index is 0.0139. The first kappa shape index (κ1) is 17.6. The molecule has 0 bridgehead atoms. The van der Waals surface area contributed by atoms with E-state index in [1.807, 2.05) is 0 Å². The topological polar surface area (TPSA) is 89.5 Å². The molecule has 126 valence electrons. The van der Waals surface area contributed by atoms with E-state index in [2.05, 4.69) is 4.72 Å². The zero-order valence-corrected chi connectivity index (χ0v) is 14.3. The number of hydrogen-bond donors (Lipinski definition) is 1. The number of rotatable bonds is 6. The largest absolute Gasteiger partial charge is 0.454 e. The molecule has 23 heavy (non-hydrogen) atoms. The number of carbonyl (C=O) groups excluding carboxylic acids is 2. The lowest BCUT2D eigenvalue weighted by Gasteiger charge is -2.16. The Bertz CT molecular complexity index is 714. The molecule has 0 saturated heterocycles. The summed E-state index contributed by atoms with van der Waals surface area (Å²) in [5, 5.41) is 0. The van der Waals surface area contributed by atoms with Crippen LogP contribution < -0.4 is 4.72 Å². The highest BCUT2D eigenvalue weighted by Gasteiger charge is 2.28. The van der Waals surface area contributed by atoms with Gasteiger partial charge >= 0.3 is 5.97 Å². The van der Waals surface area contributed by atoms with Gasteiger partial charge in [-0.1, -0.05) is 26.8 Å². The molecule has 1 N–H and O–H groups in total. The Labute approximate surface area is 136 Å². The van der Waals surface area contributed by atoms with Crippen LogP contribution in [0.1, 0.15) is 44.0 Å². The third-order valence-electron chi connectivity index (χ3n) is 3.45. The Kier molecular flexibility index (Phi) is 4.91. The van der Waals surface area contributed by atoms with Crippen molar-refractivity contribution in [3.05, 3.63) is 29.8 Å². The minimum atomic E-state index is -3.63. The van der Waals surface area contributed by atoms with Crippen LogP contribution in [0.25, 0.3) is 0 Å². The SMILES string of the molecule is CC(C)(C)C(=O)COC(=O)c1cccc(S(=O)(=O)NC2CC2)c1. The lowest BCUT2D eigenvalue weighted by atomic mass is 9.91. The highest BCUT2D eigenvalue weighted by molar-refractivity contribution is 7.89. The zero-order valence-electron chi connectivity index (χ0n) is 13.5. The van der Waals surface area contributed by atoms with Crippen LogP contribution >= 0.6 is 0 Å². The molecular weight excluding hydrogens is 318 g/mol. The monoisotopic (exact) mass is 339 g/mol. The molecular formula is C16H21NO5S. The third kappa shape index (κ3) is 4.87. The van der Waals surface area contributed by atoms with Gasteiger partial charge in [0.1, 0.15) is 0 Å². The van der Waals surface area contributed by atoms with Crippen molar-refractivity contribution < 1.29 is 22.7 Å². The van der Waals surface area contributed by atoms with Gasteiger partial charge in [0, 0.05) is 11.5 Å². The summed E-state index contributed by atoms with van der Waals surface area (Å²) in [4.78, 5) is 23.8. The Morgan fingerprint density at radius 2 is 1.91 bits per heavy atom. The van der Waals surface area contributed by atoms with Crippen LogP contribution in [0.4, 0.5) is 0 Å². The number of Topliss-reactive ketones (excluding diaryl/α,β-unsaturated/α-hetero) is 1. The van der Waals surface area contributed by atoms with E-state index < -0.39 is 21.4 Å². The second kappa shape index (κ2) is 6.41. The van der Waals surface area contributed by atoms with E-state index in [0.29, 0.717) is 0 Å². The predicted octanol–water partition coefficient (Wildman–Crippen LogP) is 1.90. The molecule has 1 aliphatic rings. The summed E-state index contributed by atoms with van der Waals surface area (Å²) in [5.74, 6) is -0.920. The van der Waals surface area contributed by atoms with E-state index in [1.54, 1.807) is 20.8 Å². The number of ether oxygens (including phenoxy) is 1. The van der Waals surface area contributed by atoms with E-state index in [1.165, 1.54) is 24.3 Å². The standard InChI is InChI=1S/C16H21NO5S/c1-16(2,3)14(18)10-22-15(19)11-5-4-6-13(9-11)23(20,21)17-12-7-8-12/h4-6,9,12,17H,7-8,10H2,1-3H3. The molecule has 0 unspecified atom stereocenters. The predicted molar refractivity (Wildman–Crippen MR) is 84.5 cm³/mol. The van der Waals surface area contributed by atoms with Crippen molar-refractivity contribution in [2.24, 2.45) is 5.41 Å². The summed E-state index contributed by atoms with van der Waals surface area (Å²) in [5.41, 5.74) is -0.495. The van der Waals surface area contributed by atoms with E-state index in [4.69, 9.17) is 4.74 Å². The fourth-order valence-corrected chi connectivity index (χ4v) is 3.06. The normalized spacial score (nSPS) is 15.3. The zero-order chi connectivity index (χ0) is 17.3. The number of esters is 1. The van der Waals surface area contributed by atoms with Crippen LogP contribution in [0.2, 0.25) is 0 Å². The summed E-state index contributed by atoms with van der Waals surface area (Å²) in [6, 6.07) is 5.60. The highest BCUT2D eigenvalue weighted by Crippen LogP contribution is 2.22. The molecule has 0 amide bonds. The number of hydrogen-bond acceptors (Lipinski definition) is 5. The van der Waals surface area contributed by atoms with Gasteiger partial charge in [0.15, 0.2) is 12.4 Å². The molecule has 0 radical (unpaired) electrons. The summed E-state index contributed by atoms with van der Waals surface area (Å²) in [6.07, 6.45) is 1.66. The molecule has 0 aromatic heterocycles. The van der Waals surface area contributed by atoms with Crippen LogP contribution in [0.15, 0.2) is 29.2 Å². The van der Waals surface area contributed by atoms with E-state index >= 15 is 0 Å². The number of carbonyl (C=O) groups is 2. The first-order valence-electron chi connectivity index (χ1n) is 7.42. The molecule has 0 heterocycles. The van der Waals surface area contributed by atoms with Crippen LogP contribution in [0.5, 0.6) is 0 Å². The second-order valence-corrected chi connectivity index (χ2v) is 8.39. The van der Waals surface area contributed by atoms with Crippen LogP contribution in [0, 0.1) is 5.41 Å². The molecule has 0 atom stereocenters. The lowest BCUT2D eigenvalue weighted by molar-refractivity contribution is -0.129. The maximum atomic E-state index is 12.1. The van der Waals surface area contributed by atoms with Gasteiger partial charge in [-0.05, 0) is 31.0 Å². The van der Waals surface area contributed by atoms with Crippen LogP contribution in [-0.2, 0) is 19.6 Å². The summed E-state index contributed by atoms with van der Waals surface area (Å²) < 4.78 is 31.8. The van der Waals surface area contributed by atoms with Crippen molar-refractivity contribution in [3.63, 3.8) is 0 Å². The van der Waals surface area contributed by atoms with Gasteiger partial charge < -0.3 is 4.74 Å². The lowest BCUT2D eigenvalue weighted by Crippen LogP contribution is -2.27. The number of benzene rings is 1. The van der Waals surface area contributed by atoms with Gasteiger partial charge in [0.05, 0.1) is 10.5 Å². The minimum Gasteiger partial charge on any atom is -0.454 e. The van der Waals surface area contributed by atoms with Crippen molar-refractivity contribution in [2.75, 3.05) is 6.61 Å². The van der Waals surface area contributed by atoms with Crippen molar-refractivity contribution in [1.82, 2.24) is 4.72 Å². The van der Waals surface area contributed by atoms with Crippen molar-refractivity contribution in [3.8, 4) is 0 Å². The number of sulfonamides is 1. The fraction of sp³-hybridized carbons (Fsp3) is 0.500. The Morgan fingerprint density at radius 3 is 2.48 bits per heavy atom. The van der Waals surface area contributed by atoms with Crippen molar-refractivity contribution in [1.29, 1.82) is 0 Å². The summed E-state index contributed by atoms with van der Waals surface area (Å²) >= 11 is 0. The molecule has 6 nitrogen and oxygen atoms in total. The van der Waals surface area contributed by atoms with E-state index in [9.17, 15) is 18.0 Å². The third-order valence-corrected chi connectivity index (χ3v) is 4.97. The average molecular weight is 339 g/mol. The summed E-state index contributed by atoms with van der Waals surface area (Å²) in [6.45, 7) is 4.87. The first-order valence-corrected chi connectivity index (χ1v) is 8.91. The van der Waals surface area contributed by atoms with Gasteiger partial charge in [0.25, 0.3) is 0 Å². The van der Waals surface area contributed by atoms with Gasteiger partial charge in [-0.2, -0.15) is 0 Å². The van der Waals surface area contributed by atoms with Crippen LogP contribution in [-0.4, -0.2) is 32.8 Å². The molecule has 2 rings (SSSR count). The molecule has 1 fully saturated rings. The van der Waals surface area contributed by atoms with E-state index in [-0.39, 0.29) is 28.9 Å². The Morgan fingerprint density at radius 1 is 1.26 bits per heavy atom. The van der Waals surface area contributed by atoms with Crippen molar-refractivity contribution >= 4 is 21.8 Å². The smallest absolute Gasteiger partial charge is 0.338 e. The average Bonchev–Trinajstić information content (AvgIpc) is 3.26. The number of nitrogens with one attached hydrogen (secondary N) is 1. The molecule has 1 aliphatic carbocycles. The van der Waals surface area contributed by atoms with Gasteiger partial charge in [-0.3, -0.25) is 4.79 Å². The molecule has 0 spiro atoms. The fourth-order valence-electron chi connectivity index (χ4n) is 1.71. The first-order chi connectivity index (χ1) is 10.6. The molecule has 1 saturated carbocycles. The quantitative estimate of drug-likeness (QED) is 0.800. The highest BCUT2D eigenvalue weighted by atomic mass is 32.2. The van der Waals surface area contributed by atoms with Gasteiger partial charge in [-0.25, -0.2) is 17.9 Å². The molecule has 1 aromatic carbocycles. The summed E-state index contributed by atoms with van der Waals surface area (Å²) in [7, 11) is -3.63. The maximum Gasteiger partial charge on any atom is 0.338 e. The van der Waals surface area contributed by atoms with Crippen molar-refractivity contribution in [2.45, 2.75) is 44.6 Å². The molecule has 1 aromatic rings. The van der Waals surface area contributed by atoms with Gasteiger partial charge in [0.2, 0.25) is 10.0 Å². The number of ketones is 1. The second-order valence-electron chi connectivity index (χ2n) is 6.67. The van der Waals surface area contributed by atoms with Gasteiger partial charge in [-0.15, -0.1) is 0 Å². The Hall–Kier alpha value is -1.73. The van der Waals surface area contributed by atoms with Crippen LogP contribution in [0.3, 0.4) is 0 Å². The Balaban J connectivity index is 2.07. The van der Waals surface area contributed by atoms with E-state index in [0.717, 1.165) is 12.8 Å².